The highest BCUT2D eigenvalue weighted by Gasteiger charge is 2.18. The Balaban J connectivity index is 1.39. The van der Waals surface area contributed by atoms with Crippen molar-refractivity contribution in [1.29, 1.82) is 0 Å². The number of amides is 1. The first kappa shape index (κ1) is 18.3. The van der Waals surface area contributed by atoms with Gasteiger partial charge in [0.15, 0.2) is 11.2 Å². The van der Waals surface area contributed by atoms with Crippen LogP contribution in [0.15, 0.2) is 47.8 Å². The second kappa shape index (κ2) is 7.90. The second-order valence-electron chi connectivity index (χ2n) is 6.38. The SMILES string of the molecule is COc1ccc(OC(C)C(=O)Nc2nc(-c3ccc4c(c3)CCO4)cs2)cc1. The van der Waals surface area contributed by atoms with Crippen molar-refractivity contribution in [3.05, 3.63) is 53.4 Å². The van der Waals surface area contributed by atoms with Crippen LogP contribution < -0.4 is 19.5 Å². The molecule has 6 nitrogen and oxygen atoms in total. The van der Waals surface area contributed by atoms with Crippen molar-refractivity contribution < 1.29 is 19.0 Å². The van der Waals surface area contributed by atoms with E-state index in [9.17, 15) is 4.79 Å². The minimum absolute atomic E-state index is 0.251. The Hall–Kier alpha value is -3.06. The van der Waals surface area contributed by atoms with E-state index in [2.05, 4.69) is 16.4 Å². The van der Waals surface area contributed by atoms with Gasteiger partial charge < -0.3 is 14.2 Å². The molecule has 0 fully saturated rings. The zero-order valence-corrected chi connectivity index (χ0v) is 16.4. The van der Waals surface area contributed by atoms with Crippen molar-refractivity contribution in [1.82, 2.24) is 4.98 Å². The topological polar surface area (TPSA) is 69.7 Å². The minimum Gasteiger partial charge on any atom is -0.497 e. The molecule has 1 aliphatic rings. The summed E-state index contributed by atoms with van der Waals surface area (Å²) in [5.74, 6) is 2.03. The minimum atomic E-state index is -0.655. The van der Waals surface area contributed by atoms with Crippen LogP contribution in [0.25, 0.3) is 11.3 Å². The van der Waals surface area contributed by atoms with Crippen LogP contribution in [-0.2, 0) is 11.2 Å². The van der Waals surface area contributed by atoms with Crippen LogP contribution in [-0.4, -0.2) is 30.7 Å². The van der Waals surface area contributed by atoms with Crippen molar-refractivity contribution in [3.63, 3.8) is 0 Å². The molecule has 1 aliphatic heterocycles. The smallest absolute Gasteiger partial charge is 0.266 e. The fourth-order valence-electron chi connectivity index (χ4n) is 2.93. The average Bonchev–Trinajstić information content (AvgIpc) is 3.37. The van der Waals surface area contributed by atoms with Crippen LogP contribution >= 0.6 is 11.3 Å². The van der Waals surface area contributed by atoms with Gasteiger partial charge in [0.1, 0.15) is 17.2 Å². The molecule has 0 spiro atoms. The summed E-state index contributed by atoms with van der Waals surface area (Å²) in [6, 6.07) is 13.2. The summed E-state index contributed by atoms with van der Waals surface area (Å²) in [6.45, 7) is 2.43. The Bertz CT molecular complexity index is 984. The van der Waals surface area contributed by atoms with E-state index in [1.165, 1.54) is 16.9 Å². The van der Waals surface area contributed by atoms with Gasteiger partial charge in [0.2, 0.25) is 0 Å². The molecular formula is C21H20N2O4S. The Morgan fingerprint density at radius 2 is 2.00 bits per heavy atom. The maximum absolute atomic E-state index is 12.4. The van der Waals surface area contributed by atoms with E-state index in [0.717, 1.165) is 35.8 Å². The van der Waals surface area contributed by atoms with Crippen LogP contribution in [0.1, 0.15) is 12.5 Å². The van der Waals surface area contributed by atoms with Gasteiger partial charge in [-0.15, -0.1) is 11.3 Å². The van der Waals surface area contributed by atoms with Crippen molar-refractivity contribution in [2.75, 3.05) is 19.0 Å². The first-order chi connectivity index (χ1) is 13.6. The number of methoxy groups -OCH3 is 1. The molecule has 1 amide bonds. The molecule has 3 aromatic rings. The van der Waals surface area contributed by atoms with Gasteiger partial charge in [0.25, 0.3) is 5.91 Å². The molecule has 28 heavy (non-hydrogen) atoms. The number of nitrogens with zero attached hydrogens (tertiary/aromatic N) is 1. The quantitative estimate of drug-likeness (QED) is 0.678. The summed E-state index contributed by atoms with van der Waals surface area (Å²) in [6.07, 6.45) is 0.259. The number of ether oxygens (including phenoxy) is 3. The molecule has 7 heteroatoms. The number of aromatic nitrogens is 1. The lowest BCUT2D eigenvalue weighted by atomic mass is 10.1. The largest absolute Gasteiger partial charge is 0.497 e. The molecule has 144 valence electrons. The highest BCUT2D eigenvalue weighted by atomic mass is 32.1. The number of nitrogens with one attached hydrogen (secondary N) is 1. The van der Waals surface area contributed by atoms with Gasteiger partial charge in [-0.1, -0.05) is 0 Å². The molecule has 1 N–H and O–H groups in total. The fourth-order valence-corrected chi connectivity index (χ4v) is 3.65. The van der Waals surface area contributed by atoms with Gasteiger partial charge in [0.05, 0.1) is 19.4 Å². The number of thiazole rings is 1. The van der Waals surface area contributed by atoms with Crippen LogP contribution in [0, 0.1) is 0 Å². The fraction of sp³-hybridized carbons (Fsp3) is 0.238. The Kier molecular flexibility index (Phi) is 5.16. The normalized spacial score (nSPS) is 13.4. The molecule has 1 atom stereocenters. The highest BCUT2D eigenvalue weighted by molar-refractivity contribution is 7.14. The van der Waals surface area contributed by atoms with E-state index in [0.29, 0.717) is 10.9 Å². The molecule has 0 saturated carbocycles. The van der Waals surface area contributed by atoms with Gasteiger partial charge >= 0.3 is 0 Å². The van der Waals surface area contributed by atoms with Crippen molar-refractivity contribution in [2.45, 2.75) is 19.4 Å². The summed E-state index contributed by atoms with van der Waals surface area (Å²) in [5, 5.41) is 5.30. The lowest BCUT2D eigenvalue weighted by Gasteiger charge is -2.14. The molecular weight excluding hydrogens is 376 g/mol. The number of benzene rings is 2. The molecule has 0 radical (unpaired) electrons. The van der Waals surface area contributed by atoms with Crippen molar-refractivity contribution in [3.8, 4) is 28.5 Å². The van der Waals surface area contributed by atoms with Gasteiger partial charge in [-0.05, 0) is 55.0 Å². The van der Waals surface area contributed by atoms with E-state index < -0.39 is 6.10 Å². The van der Waals surface area contributed by atoms with Crippen LogP contribution in [0.3, 0.4) is 0 Å². The third-order valence-corrected chi connectivity index (χ3v) is 5.22. The zero-order valence-electron chi connectivity index (χ0n) is 15.6. The number of carbonyl (C=O) groups excluding carboxylic acids is 1. The number of fused-ring (bicyclic) bond motifs is 1. The van der Waals surface area contributed by atoms with Crippen LogP contribution in [0.2, 0.25) is 0 Å². The van der Waals surface area contributed by atoms with Crippen molar-refractivity contribution in [2.24, 2.45) is 0 Å². The number of anilines is 1. The molecule has 2 heterocycles. The van der Waals surface area contributed by atoms with Crippen molar-refractivity contribution >= 4 is 22.4 Å². The predicted molar refractivity (Wildman–Crippen MR) is 108 cm³/mol. The van der Waals surface area contributed by atoms with E-state index >= 15 is 0 Å². The van der Waals surface area contributed by atoms with Gasteiger partial charge in [0, 0.05) is 17.4 Å². The maximum Gasteiger partial charge on any atom is 0.266 e. The summed E-state index contributed by atoms with van der Waals surface area (Å²) < 4.78 is 16.3. The van der Waals surface area contributed by atoms with E-state index in [-0.39, 0.29) is 5.91 Å². The van der Waals surface area contributed by atoms with Crippen LogP contribution in [0.4, 0.5) is 5.13 Å². The molecule has 1 unspecified atom stereocenters. The molecule has 1 aromatic heterocycles. The highest BCUT2D eigenvalue weighted by Crippen LogP contribution is 2.32. The standard InChI is InChI=1S/C21H20N2O4S/c1-13(27-17-6-4-16(25-2)5-7-17)20(24)23-21-22-18(12-28-21)14-3-8-19-15(11-14)9-10-26-19/h3-8,11-13H,9-10H2,1-2H3,(H,22,23,24). The number of hydrogen-bond donors (Lipinski definition) is 1. The number of carbonyl (C=O) groups is 1. The molecule has 0 bridgehead atoms. The zero-order chi connectivity index (χ0) is 19.5. The summed E-state index contributed by atoms with van der Waals surface area (Å²) in [5.41, 5.74) is 3.04. The number of rotatable bonds is 6. The summed E-state index contributed by atoms with van der Waals surface area (Å²) in [4.78, 5) is 17.0. The molecule has 0 aliphatic carbocycles. The van der Waals surface area contributed by atoms with E-state index in [1.807, 2.05) is 17.5 Å². The summed E-state index contributed by atoms with van der Waals surface area (Å²) >= 11 is 1.39. The van der Waals surface area contributed by atoms with E-state index in [4.69, 9.17) is 14.2 Å². The predicted octanol–water partition coefficient (Wildman–Crippen LogP) is 4.16. The number of hydrogen-bond acceptors (Lipinski definition) is 6. The third-order valence-electron chi connectivity index (χ3n) is 4.46. The lowest BCUT2D eigenvalue weighted by molar-refractivity contribution is -0.122. The Labute approximate surface area is 167 Å². The first-order valence-corrected chi connectivity index (χ1v) is 9.83. The summed E-state index contributed by atoms with van der Waals surface area (Å²) in [7, 11) is 1.60. The molecule has 4 rings (SSSR count). The molecule has 0 saturated heterocycles. The average molecular weight is 396 g/mol. The Morgan fingerprint density at radius 3 is 2.79 bits per heavy atom. The maximum atomic E-state index is 12.4. The van der Waals surface area contributed by atoms with Crippen LogP contribution in [0.5, 0.6) is 17.2 Å². The lowest BCUT2D eigenvalue weighted by Crippen LogP contribution is -2.30. The Morgan fingerprint density at radius 1 is 1.21 bits per heavy atom. The second-order valence-corrected chi connectivity index (χ2v) is 7.24. The third kappa shape index (κ3) is 3.94. The van der Waals surface area contributed by atoms with Gasteiger partial charge in [-0.2, -0.15) is 0 Å². The van der Waals surface area contributed by atoms with Gasteiger partial charge in [-0.25, -0.2) is 4.98 Å². The van der Waals surface area contributed by atoms with Gasteiger partial charge in [-0.3, -0.25) is 10.1 Å². The first-order valence-electron chi connectivity index (χ1n) is 8.95. The van der Waals surface area contributed by atoms with E-state index in [1.54, 1.807) is 38.3 Å². The monoisotopic (exact) mass is 396 g/mol. The molecule has 2 aromatic carbocycles.